The van der Waals surface area contributed by atoms with Crippen molar-refractivity contribution in [2.75, 3.05) is 49.7 Å². The molecule has 7 heteroatoms. The molecule has 0 aliphatic carbocycles. The zero-order chi connectivity index (χ0) is 14.7. The Labute approximate surface area is 119 Å². The van der Waals surface area contributed by atoms with Crippen LogP contribution in [0.4, 0.5) is 17.6 Å². The van der Waals surface area contributed by atoms with E-state index in [1.807, 2.05) is 27.1 Å². The van der Waals surface area contributed by atoms with Crippen LogP contribution in [0.15, 0.2) is 6.07 Å². The van der Waals surface area contributed by atoms with Gasteiger partial charge in [0.1, 0.15) is 11.6 Å². The van der Waals surface area contributed by atoms with Crippen molar-refractivity contribution in [3.63, 3.8) is 0 Å². The van der Waals surface area contributed by atoms with E-state index in [1.54, 1.807) is 0 Å². The third kappa shape index (κ3) is 3.49. The van der Waals surface area contributed by atoms with Gasteiger partial charge < -0.3 is 26.0 Å². The van der Waals surface area contributed by atoms with Crippen LogP contribution < -0.4 is 16.0 Å². The van der Waals surface area contributed by atoms with E-state index in [9.17, 15) is 5.11 Å². The maximum absolute atomic E-state index is 9.94. The van der Waals surface area contributed by atoms with Crippen molar-refractivity contribution in [2.45, 2.75) is 25.5 Å². The minimum Gasteiger partial charge on any atom is -0.391 e. The third-order valence-corrected chi connectivity index (χ3v) is 3.35. The second kappa shape index (κ2) is 6.23. The molecule has 0 aromatic carbocycles. The highest BCUT2D eigenvalue weighted by molar-refractivity contribution is 5.54. The standard InChI is InChI=1S/C13H24N6O/c1-4-15-11-6-12(17-13(14)16-11)19-8-10(20)5-9(19)7-18(2)3/h6,9-10,20H,4-5,7-8H2,1-3H3,(H3,14,15,16,17). The quantitative estimate of drug-likeness (QED) is 0.699. The number of β-amino-alcohol motifs (C(OH)–C–C–N with tert-alkyl or cyclic N) is 1. The number of nitrogens with one attached hydrogen (secondary N) is 1. The summed E-state index contributed by atoms with van der Waals surface area (Å²) < 4.78 is 0. The molecule has 1 saturated heterocycles. The first-order chi connectivity index (χ1) is 9.49. The summed E-state index contributed by atoms with van der Waals surface area (Å²) in [4.78, 5) is 12.7. The lowest BCUT2D eigenvalue weighted by Crippen LogP contribution is -2.38. The van der Waals surface area contributed by atoms with Gasteiger partial charge >= 0.3 is 0 Å². The zero-order valence-electron chi connectivity index (χ0n) is 12.4. The molecular weight excluding hydrogens is 256 g/mol. The first-order valence-corrected chi connectivity index (χ1v) is 6.97. The summed E-state index contributed by atoms with van der Waals surface area (Å²) in [7, 11) is 4.06. The Morgan fingerprint density at radius 3 is 2.90 bits per heavy atom. The molecule has 1 fully saturated rings. The molecule has 0 amide bonds. The number of rotatable bonds is 5. The molecule has 0 bridgehead atoms. The monoisotopic (exact) mass is 280 g/mol. The number of hydrogen-bond acceptors (Lipinski definition) is 7. The van der Waals surface area contributed by atoms with Gasteiger partial charge in [-0.2, -0.15) is 9.97 Å². The molecular formula is C13H24N6O. The number of aromatic nitrogens is 2. The minimum absolute atomic E-state index is 0.240. The first-order valence-electron chi connectivity index (χ1n) is 6.97. The lowest BCUT2D eigenvalue weighted by molar-refractivity contribution is 0.191. The summed E-state index contributed by atoms with van der Waals surface area (Å²) in [5.41, 5.74) is 5.78. The number of nitrogens with two attached hydrogens (primary N) is 1. The van der Waals surface area contributed by atoms with Crippen LogP contribution in [-0.4, -0.2) is 65.8 Å². The van der Waals surface area contributed by atoms with Gasteiger partial charge in [-0.15, -0.1) is 0 Å². The molecule has 2 atom stereocenters. The second-order valence-corrected chi connectivity index (χ2v) is 5.46. The van der Waals surface area contributed by atoms with E-state index in [2.05, 4.69) is 25.1 Å². The van der Waals surface area contributed by atoms with Crippen molar-refractivity contribution in [3.8, 4) is 0 Å². The maximum atomic E-state index is 9.94. The van der Waals surface area contributed by atoms with Crippen molar-refractivity contribution in [2.24, 2.45) is 0 Å². The van der Waals surface area contributed by atoms with Crippen molar-refractivity contribution >= 4 is 17.6 Å². The van der Waals surface area contributed by atoms with Gasteiger partial charge in [-0.25, -0.2) is 0 Å². The summed E-state index contributed by atoms with van der Waals surface area (Å²) >= 11 is 0. The summed E-state index contributed by atoms with van der Waals surface area (Å²) in [5, 5.41) is 13.1. The number of hydrogen-bond donors (Lipinski definition) is 3. The zero-order valence-corrected chi connectivity index (χ0v) is 12.4. The number of aliphatic hydroxyl groups excluding tert-OH is 1. The summed E-state index contributed by atoms with van der Waals surface area (Å²) in [6.45, 7) is 4.24. The molecule has 20 heavy (non-hydrogen) atoms. The Balaban J connectivity index is 2.23. The highest BCUT2D eigenvalue weighted by Crippen LogP contribution is 2.26. The Morgan fingerprint density at radius 2 is 2.25 bits per heavy atom. The maximum Gasteiger partial charge on any atom is 0.223 e. The number of aliphatic hydroxyl groups is 1. The molecule has 1 aliphatic heterocycles. The molecule has 4 N–H and O–H groups in total. The van der Waals surface area contributed by atoms with Crippen LogP contribution in [0.3, 0.4) is 0 Å². The van der Waals surface area contributed by atoms with Crippen LogP contribution in [0.2, 0.25) is 0 Å². The second-order valence-electron chi connectivity index (χ2n) is 5.46. The average molecular weight is 280 g/mol. The number of likely N-dealkylation sites (N-methyl/N-ethyl adjacent to an activating group) is 1. The van der Waals surface area contributed by atoms with Gasteiger partial charge in [0.25, 0.3) is 0 Å². The van der Waals surface area contributed by atoms with Crippen molar-refractivity contribution in [1.29, 1.82) is 0 Å². The molecule has 1 aliphatic rings. The van der Waals surface area contributed by atoms with E-state index >= 15 is 0 Å². The topological polar surface area (TPSA) is 90.5 Å². The Kier molecular flexibility index (Phi) is 4.61. The van der Waals surface area contributed by atoms with E-state index in [0.717, 1.165) is 31.1 Å². The van der Waals surface area contributed by atoms with E-state index in [1.165, 1.54) is 0 Å². The Morgan fingerprint density at radius 1 is 1.50 bits per heavy atom. The van der Waals surface area contributed by atoms with Gasteiger partial charge in [0.05, 0.1) is 6.10 Å². The van der Waals surface area contributed by atoms with E-state index in [-0.39, 0.29) is 18.1 Å². The molecule has 0 saturated carbocycles. The van der Waals surface area contributed by atoms with Gasteiger partial charge in [0, 0.05) is 31.7 Å². The molecule has 2 rings (SSSR count). The van der Waals surface area contributed by atoms with Gasteiger partial charge in [0.15, 0.2) is 0 Å². The predicted octanol–water partition coefficient (Wildman–Crippen LogP) is -0.00820. The molecule has 2 unspecified atom stereocenters. The fourth-order valence-corrected chi connectivity index (χ4v) is 2.64. The summed E-state index contributed by atoms with van der Waals surface area (Å²) in [5.74, 6) is 1.75. The molecule has 1 aromatic heterocycles. The lowest BCUT2D eigenvalue weighted by atomic mass is 10.2. The molecule has 0 radical (unpaired) electrons. The van der Waals surface area contributed by atoms with Crippen LogP contribution in [0.1, 0.15) is 13.3 Å². The molecule has 0 spiro atoms. The number of anilines is 3. The summed E-state index contributed by atoms with van der Waals surface area (Å²) in [6.07, 6.45) is 0.428. The van der Waals surface area contributed by atoms with Crippen LogP contribution in [0.25, 0.3) is 0 Å². The Hall–Kier alpha value is -1.60. The third-order valence-electron chi connectivity index (χ3n) is 3.35. The van der Waals surface area contributed by atoms with Crippen LogP contribution in [0.5, 0.6) is 0 Å². The lowest BCUT2D eigenvalue weighted by Gasteiger charge is -2.28. The van der Waals surface area contributed by atoms with Gasteiger partial charge in [-0.3, -0.25) is 0 Å². The number of nitrogens with zero attached hydrogens (tertiary/aromatic N) is 4. The van der Waals surface area contributed by atoms with E-state index in [0.29, 0.717) is 6.54 Å². The fourth-order valence-electron chi connectivity index (χ4n) is 2.64. The van der Waals surface area contributed by atoms with Gasteiger partial charge in [0.2, 0.25) is 5.95 Å². The fraction of sp³-hybridized carbons (Fsp3) is 0.692. The van der Waals surface area contributed by atoms with E-state index < -0.39 is 0 Å². The van der Waals surface area contributed by atoms with Crippen LogP contribution >= 0.6 is 0 Å². The van der Waals surface area contributed by atoms with Gasteiger partial charge in [-0.1, -0.05) is 0 Å². The highest BCUT2D eigenvalue weighted by atomic mass is 16.3. The normalized spacial score (nSPS) is 22.6. The van der Waals surface area contributed by atoms with Crippen molar-refractivity contribution in [3.05, 3.63) is 6.07 Å². The van der Waals surface area contributed by atoms with Crippen LogP contribution in [0, 0.1) is 0 Å². The largest absolute Gasteiger partial charge is 0.391 e. The SMILES string of the molecule is CCNc1cc(N2CC(O)CC2CN(C)C)nc(N)n1. The molecule has 112 valence electrons. The van der Waals surface area contributed by atoms with Crippen molar-refractivity contribution < 1.29 is 5.11 Å². The average Bonchev–Trinajstić information content (AvgIpc) is 2.69. The molecule has 7 nitrogen and oxygen atoms in total. The predicted molar refractivity (Wildman–Crippen MR) is 80.9 cm³/mol. The van der Waals surface area contributed by atoms with E-state index in [4.69, 9.17) is 5.73 Å². The Bertz CT molecular complexity index is 452. The highest BCUT2D eigenvalue weighted by Gasteiger charge is 2.32. The minimum atomic E-state index is -0.321. The smallest absolute Gasteiger partial charge is 0.223 e. The van der Waals surface area contributed by atoms with Crippen molar-refractivity contribution in [1.82, 2.24) is 14.9 Å². The summed E-state index contributed by atoms with van der Waals surface area (Å²) in [6, 6.07) is 2.13. The molecule has 2 heterocycles. The first kappa shape index (κ1) is 14.8. The molecule has 1 aromatic rings. The van der Waals surface area contributed by atoms with Gasteiger partial charge in [-0.05, 0) is 27.4 Å². The number of nitrogen functional groups attached to an aromatic ring is 1. The van der Waals surface area contributed by atoms with Crippen LogP contribution in [-0.2, 0) is 0 Å².